The first-order valence-electron chi connectivity index (χ1n) is 9.66. The van der Waals surface area contributed by atoms with Crippen molar-refractivity contribution in [2.24, 2.45) is 0 Å². The molecule has 1 atom stereocenters. The fraction of sp³-hybridized carbons (Fsp3) is 0.429. The molecule has 2 aromatic rings. The van der Waals surface area contributed by atoms with Crippen molar-refractivity contribution in [2.45, 2.75) is 26.0 Å². The van der Waals surface area contributed by atoms with Gasteiger partial charge in [0.1, 0.15) is 17.7 Å². The van der Waals surface area contributed by atoms with Crippen LogP contribution in [0.2, 0.25) is 0 Å². The van der Waals surface area contributed by atoms with E-state index < -0.39 is 6.10 Å². The summed E-state index contributed by atoms with van der Waals surface area (Å²) in [4.78, 5) is 21.0. The molecule has 1 fully saturated rings. The molecule has 1 aliphatic rings. The zero-order chi connectivity index (χ0) is 19.9. The quantitative estimate of drug-likeness (QED) is 0.758. The van der Waals surface area contributed by atoms with Crippen LogP contribution in [-0.2, 0) is 11.3 Å². The number of hydrogen-bond acceptors (Lipinski definition) is 6. The highest BCUT2D eigenvalue weighted by atomic mass is 16.5. The summed E-state index contributed by atoms with van der Waals surface area (Å²) >= 11 is 0. The molecule has 1 aromatic heterocycles. The van der Waals surface area contributed by atoms with Gasteiger partial charge in [-0.3, -0.25) is 4.79 Å². The number of amides is 1. The van der Waals surface area contributed by atoms with Crippen molar-refractivity contribution in [1.29, 1.82) is 0 Å². The topological polar surface area (TPSA) is 77.9 Å². The number of rotatable bonds is 7. The number of aliphatic hydroxyl groups excluding tert-OH is 1. The predicted octanol–water partition coefficient (Wildman–Crippen LogP) is 1.80. The van der Waals surface area contributed by atoms with Crippen LogP contribution >= 0.6 is 0 Å². The highest BCUT2D eigenvalue weighted by Gasteiger charge is 2.22. The summed E-state index contributed by atoms with van der Waals surface area (Å²) in [6.45, 7) is 5.50. The Kier molecular flexibility index (Phi) is 6.71. The van der Waals surface area contributed by atoms with Gasteiger partial charge in [0.25, 0.3) is 0 Å². The molecule has 1 aromatic carbocycles. The Balaban J connectivity index is 1.65. The zero-order valence-corrected chi connectivity index (χ0v) is 16.5. The number of anilines is 2. The molecule has 0 radical (unpaired) electrons. The number of piperazine rings is 1. The maximum Gasteiger partial charge on any atom is 0.249 e. The number of ether oxygens (including phenoxy) is 1. The van der Waals surface area contributed by atoms with E-state index in [-0.39, 0.29) is 5.91 Å². The Morgan fingerprint density at radius 3 is 2.61 bits per heavy atom. The lowest BCUT2D eigenvalue weighted by Gasteiger charge is -2.37. The molecular weight excluding hydrogens is 356 g/mol. The van der Waals surface area contributed by atoms with E-state index in [0.717, 1.165) is 49.0 Å². The van der Waals surface area contributed by atoms with Gasteiger partial charge >= 0.3 is 0 Å². The standard InChI is InChI=1S/C21H28N4O3/c1-3-18(26)21(27)23-15-16-7-6-10-22-20(16)25-13-11-24(12-14-25)17-8-4-5-9-19(17)28-2/h4-10,18,26H,3,11-15H2,1-2H3,(H,23,27)/t18-/m0/s1. The van der Waals surface area contributed by atoms with Crippen LogP contribution < -0.4 is 19.9 Å². The SMILES string of the molecule is CC[C@H](O)C(=O)NCc1cccnc1N1CCN(c2ccccc2OC)CC1. The second-order valence-corrected chi connectivity index (χ2v) is 6.77. The number of aliphatic hydroxyl groups is 1. The summed E-state index contributed by atoms with van der Waals surface area (Å²) in [6, 6.07) is 11.9. The number of carbonyl (C=O) groups is 1. The van der Waals surface area contributed by atoms with Gasteiger partial charge in [-0.1, -0.05) is 25.1 Å². The van der Waals surface area contributed by atoms with Crippen molar-refractivity contribution < 1.29 is 14.6 Å². The lowest BCUT2D eigenvalue weighted by Crippen LogP contribution is -2.47. The Labute approximate surface area is 165 Å². The zero-order valence-electron chi connectivity index (χ0n) is 16.5. The first-order valence-corrected chi connectivity index (χ1v) is 9.66. The normalized spacial score (nSPS) is 15.2. The number of methoxy groups -OCH3 is 1. The minimum Gasteiger partial charge on any atom is -0.495 e. The van der Waals surface area contributed by atoms with Gasteiger partial charge in [0, 0.05) is 44.5 Å². The minimum absolute atomic E-state index is 0.349. The van der Waals surface area contributed by atoms with Gasteiger partial charge < -0.3 is 25.0 Å². The molecule has 0 unspecified atom stereocenters. The third-order valence-electron chi connectivity index (χ3n) is 5.01. The van der Waals surface area contributed by atoms with Gasteiger partial charge in [-0.05, 0) is 24.6 Å². The van der Waals surface area contributed by atoms with Crippen molar-refractivity contribution in [3.05, 3.63) is 48.2 Å². The van der Waals surface area contributed by atoms with Crippen LogP contribution in [0.1, 0.15) is 18.9 Å². The Morgan fingerprint density at radius 2 is 1.89 bits per heavy atom. The molecule has 2 heterocycles. The summed E-state index contributed by atoms with van der Waals surface area (Å²) in [6.07, 6.45) is 1.20. The Morgan fingerprint density at radius 1 is 1.18 bits per heavy atom. The lowest BCUT2D eigenvalue weighted by atomic mass is 10.2. The molecule has 0 aliphatic carbocycles. The lowest BCUT2D eigenvalue weighted by molar-refractivity contribution is -0.129. The molecule has 7 nitrogen and oxygen atoms in total. The van der Waals surface area contributed by atoms with Gasteiger partial charge in [-0.2, -0.15) is 0 Å². The van der Waals surface area contributed by atoms with E-state index in [1.807, 2.05) is 30.3 Å². The van der Waals surface area contributed by atoms with Gasteiger partial charge in [0.2, 0.25) is 5.91 Å². The van der Waals surface area contributed by atoms with Crippen molar-refractivity contribution in [2.75, 3.05) is 43.1 Å². The largest absolute Gasteiger partial charge is 0.495 e. The average Bonchev–Trinajstić information content (AvgIpc) is 2.77. The van der Waals surface area contributed by atoms with Crippen LogP contribution in [0.3, 0.4) is 0 Å². The van der Waals surface area contributed by atoms with Crippen molar-refractivity contribution in [3.8, 4) is 5.75 Å². The summed E-state index contributed by atoms with van der Waals surface area (Å²) in [7, 11) is 1.69. The first-order chi connectivity index (χ1) is 13.6. The molecule has 0 saturated carbocycles. The smallest absolute Gasteiger partial charge is 0.249 e. The van der Waals surface area contributed by atoms with E-state index in [4.69, 9.17) is 4.74 Å². The molecular formula is C21H28N4O3. The molecule has 0 bridgehead atoms. The van der Waals surface area contributed by atoms with Gasteiger partial charge in [0.15, 0.2) is 0 Å². The maximum atomic E-state index is 11.9. The Hall–Kier alpha value is -2.80. The summed E-state index contributed by atoms with van der Waals surface area (Å²) in [5.41, 5.74) is 2.05. The number of benzene rings is 1. The number of carbonyl (C=O) groups excluding carboxylic acids is 1. The molecule has 1 saturated heterocycles. The number of pyridine rings is 1. The van der Waals surface area contributed by atoms with Gasteiger partial charge in [0.05, 0.1) is 12.8 Å². The van der Waals surface area contributed by atoms with E-state index >= 15 is 0 Å². The van der Waals surface area contributed by atoms with Crippen molar-refractivity contribution in [3.63, 3.8) is 0 Å². The number of para-hydroxylation sites is 2. The molecule has 28 heavy (non-hydrogen) atoms. The molecule has 1 amide bonds. The number of nitrogens with one attached hydrogen (secondary N) is 1. The summed E-state index contributed by atoms with van der Waals surface area (Å²) < 4.78 is 5.48. The van der Waals surface area contributed by atoms with Crippen LogP contribution in [0, 0.1) is 0 Å². The fourth-order valence-corrected chi connectivity index (χ4v) is 3.39. The third kappa shape index (κ3) is 4.54. The third-order valence-corrected chi connectivity index (χ3v) is 5.01. The fourth-order valence-electron chi connectivity index (χ4n) is 3.39. The van der Waals surface area contributed by atoms with Gasteiger partial charge in [-0.25, -0.2) is 4.98 Å². The summed E-state index contributed by atoms with van der Waals surface area (Å²) in [5.74, 6) is 1.42. The van der Waals surface area contributed by atoms with E-state index in [1.54, 1.807) is 20.2 Å². The van der Waals surface area contributed by atoms with E-state index in [9.17, 15) is 9.90 Å². The molecule has 7 heteroatoms. The van der Waals surface area contributed by atoms with E-state index in [1.165, 1.54) is 0 Å². The van der Waals surface area contributed by atoms with Crippen molar-refractivity contribution in [1.82, 2.24) is 10.3 Å². The number of nitrogens with zero attached hydrogens (tertiary/aromatic N) is 3. The maximum absolute atomic E-state index is 11.9. The minimum atomic E-state index is -0.968. The molecule has 0 spiro atoms. The van der Waals surface area contributed by atoms with Crippen molar-refractivity contribution >= 4 is 17.4 Å². The number of aromatic nitrogens is 1. The van der Waals surface area contributed by atoms with Crippen LogP contribution in [-0.4, -0.2) is 55.4 Å². The average molecular weight is 384 g/mol. The second-order valence-electron chi connectivity index (χ2n) is 6.77. The van der Waals surface area contributed by atoms with E-state index in [2.05, 4.69) is 26.2 Å². The molecule has 3 rings (SSSR count). The molecule has 1 aliphatic heterocycles. The number of hydrogen-bond donors (Lipinski definition) is 2. The van der Waals surface area contributed by atoms with Crippen LogP contribution in [0.25, 0.3) is 0 Å². The van der Waals surface area contributed by atoms with Crippen LogP contribution in [0.4, 0.5) is 11.5 Å². The highest BCUT2D eigenvalue weighted by Crippen LogP contribution is 2.29. The molecule has 150 valence electrons. The van der Waals surface area contributed by atoms with Crippen LogP contribution in [0.15, 0.2) is 42.6 Å². The summed E-state index contributed by atoms with van der Waals surface area (Å²) in [5, 5.41) is 12.4. The second kappa shape index (κ2) is 9.41. The van der Waals surface area contributed by atoms with Gasteiger partial charge in [-0.15, -0.1) is 0 Å². The predicted molar refractivity (Wildman–Crippen MR) is 110 cm³/mol. The Bertz CT molecular complexity index is 791. The van der Waals surface area contributed by atoms with Crippen LogP contribution in [0.5, 0.6) is 5.75 Å². The monoisotopic (exact) mass is 384 g/mol. The highest BCUT2D eigenvalue weighted by molar-refractivity contribution is 5.80. The first kappa shape index (κ1) is 19.9. The van der Waals surface area contributed by atoms with E-state index in [0.29, 0.717) is 13.0 Å². The molecule has 2 N–H and O–H groups in total.